The molecule has 2 aliphatic rings. The Labute approximate surface area is 136 Å². The molecule has 2 unspecified atom stereocenters. The first-order valence-electron chi connectivity index (χ1n) is 8.30. The van der Waals surface area contributed by atoms with Crippen LogP contribution in [0.4, 0.5) is 0 Å². The number of carbonyl (C=O) groups excluding carboxylic acids is 1. The first-order chi connectivity index (χ1) is 11.0. The molecule has 3 rings (SSSR count). The molecule has 5 heteroatoms. The predicted molar refractivity (Wildman–Crippen MR) is 86.8 cm³/mol. The molecule has 23 heavy (non-hydrogen) atoms. The number of rotatable bonds is 4. The van der Waals surface area contributed by atoms with E-state index in [9.17, 15) is 14.7 Å². The summed E-state index contributed by atoms with van der Waals surface area (Å²) in [6.07, 6.45) is 2.43. The monoisotopic (exact) mass is 316 g/mol. The number of benzene rings is 1. The lowest BCUT2D eigenvalue weighted by atomic mass is 9.90. The third kappa shape index (κ3) is 3.24. The van der Waals surface area contributed by atoms with Crippen LogP contribution in [0.25, 0.3) is 0 Å². The molecule has 2 atom stereocenters. The van der Waals surface area contributed by atoms with Crippen molar-refractivity contribution in [2.24, 2.45) is 5.41 Å². The Kier molecular flexibility index (Phi) is 4.39. The summed E-state index contributed by atoms with van der Waals surface area (Å²) in [5.74, 6) is -0.705. The number of aliphatic carboxylic acids is 1. The predicted octanol–water partition coefficient (Wildman–Crippen LogP) is 1.97. The molecular formula is C18H24N2O3. The Morgan fingerprint density at radius 3 is 2.65 bits per heavy atom. The van der Waals surface area contributed by atoms with E-state index in [1.807, 2.05) is 18.2 Å². The fraction of sp³-hybridized carbons (Fsp3) is 0.556. The smallest absolute Gasteiger partial charge is 0.311 e. The van der Waals surface area contributed by atoms with Crippen LogP contribution in [0.2, 0.25) is 0 Å². The van der Waals surface area contributed by atoms with E-state index in [1.165, 1.54) is 5.56 Å². The fourth-order valence-corrected chi connectivity index (χ4v) is 3.65. The van der Waals surface area contributed by atoms with Gasteiger partial charge in [-0.25, -0.2) is 0 Å². The number of carboxylic acids is 1. The maximum absolute atomic E-state index is 12.8. The summed E-state index contributed by atoms with van der Waals surface area (Å²) in [7, 11) is 0. The van der Waals surface area contributed by atoms with Gasteiger partial charge in [0.15, 0.2) is 0 Å². The quantitative estimate of drug-likeness (QED) is 0.922. The lowest BCUT2D eigenvalue weighted by molar-refractivity contribution is -0.147. The second kappa shape index (κ2) is 6.32. The molecule has 0 aromatic heterocycles. The topological polar surface area (TPSA) is 60.9 Å². The van der Waals surface area contributed by atoms with Crippen molar-refractivity contribution >= 4 is 11.9 Å². The zero-order chi connectivity index (χ0) is 16.4. The van der Waals surface area contributed by atoms with E-state index in [0.717, 1.165) is 25.9 Å². The van der Waals surface area contributed by atoms with Crippen LogP contribution in [0, 0.1) is 5.41 Å². The second-order valence-corrected chi connectivity index (χ2v) is 6.99. The van der Waals surface area contributed by atoms with Crippen LogP contribution < -0.4 is 0 Å². The number of carboxylic acid groups (broad SMARTS) is 1. The summed E-state index contributed by atoms with van der Waals surface area (Å²) >= 11 is 0. The van der Waals surface area contributed by atoms with Crippen molar-refractivity contribution in [2.45, 2.75) is 38.8 Å². The summed E-state index contributed by atoms with van der Waals surface area (Å²) in [6, 6.07) is 10.1. The first-order valence-corrected chi connectivity index (χ1v) is 8.30. The Morgan fingerprint density at radius 1 is 1.26 bits per heavy atom. The summed E-state index contributed by atoms with van der Waals surface area (Å²) < 4.78 is 0. The third-order valence-corrected chi connectivity index (χ3v) is 5.18. The molecule has 0 bridgehead atoms. The molecule has 1 aromatic carbocycles. The molecule has 2 heterocycles. The van der Waals surface area contributed by atoms with E-state index in [1.54, 1.807) is 11.8 Å². The minimum Gasteiger partial charge on any atom is -0.481 e. The lowest BCUT2D eigenvalue weighted by Gasteiger charge is -2.28. The van der Waals surface area contributed by atoms with Crippen LogP contribution in [-0.4, -0.2) is 52.5 Å². The molecule has 0 radical (unpaired) electrons. The van der Waals surface area contributed by atoms with E-state index in [2.05, 4.69) is 17.0 Å². The van der Waals surface area contributed by atoms with Gasteiger partial charge in [-0.1, -0.05) is 30.3 Å². The van der Waals surface area contributed by atoms with E-state index >= 15 is 0 Å². The highest BCUT2D eigenvalue weighted by Crippen LogP contribution is 2.32. The fourth-order valence-electron chi connectivity index (χ4n) is 3.65. The van der Waals surface area contributed by atoms with Crippen LogP contribution in [0.1, 0.15) is 31.7 Å². The summed E-state index contributed by atoms with van der Waals surface area (Å²) in [6.45, 7) is 4.32. The van der Waals surface area contributed by atoms with Crippen molar-refractivity contribution in [2.75, 3.05) is 19.6 Å². The highest BCUT2D eigenvalue weighted by Gasteiger charge is 2.44. The zero-order valence-electron chi connectivity index (χ0n) is 13.6. The van der Waals surface area contributed by atoms with Gasteiger partial charge in [0.05, 0.1) is 11.5 Å². The lowest BCUT2D eigenvalue weighted by Crippen LogP contribution is -2.45. The molecule has 1 N–H and O–H groups in total. The molecule has 0 aliphatic carbocycles. The molecule has 5 nitrogen and oxygen atoms in total. The van der Waals surface area contributed by atoms with Gasteiger partial charge in [0.25, 0.3) is 0 Å². The largest absolute Gasteiger partial charge is 0.481 e. The second-order valence-electron chi connectivity index (χ2n) is 6.99. The number of hydrogen-bond acceptors (Lipinski definition) is 3. The summed E-state index contributed by atoms with van der Waals surface area (Å²) in [5.41, 5.74) is 0.419. The van der Waals surface area contributed by atoms with Gasteiger partial charge in [-0.05, 0) is 38.3 Å². The minimum atomic E-state index is -0.805. The maximum Gasteiger partial charge on any atom is 0.311 e. The minimum absolute atomic E-state index is 0.100. The SMILES string of the molecule is CC1(C(=O)O)CCN(C(=O)C2CCCN2Cc2ccccc2)C1. The van der Waals surface area contributed by atoms with Crippen LogP contribution in [0.3, 0.4) is 0 Å². The Hall–Kier alpha value is -1.88. The van der Waals surface area contributed by atoms with Gasteiger partial charge >= 0.3 is 5.97 Å². The molecule has 124 valence electrons. The van der Waals surface area contributed by atoms with Gasteiger partial charge in [0, 0.05) is 19.6 Å². The average Bonchev–Trinajstić information content (AvgIpc) is 3.15. The average molecular weight is 316 g/mol. The molecule has 0 saturated carbocycles. The van der Waals surface area contributed by atoms with Crippen molar-refractivity contribution in [1.29, 1.82) is 0 Å². The summed E-state index contributed by atoms with van der Waals surface area (Å²) in [4.78, 5) is 28.2. The van der Waals surface area contributed by atoms with Crippen molar-refractivity contribution in [3.05, 3.63) is 35.9 Å². The van der Waals surface area contributed by atoms with Gasteiger partial charge in [-0.15, -0.1) is 0 Å². The number of amides is 1. The van der Waals surface area contributed by atoms with Gasteiger partial charge < -0.3 is 10.0 Å². The molecular weight excluding hydrogens is 292 g/mol. The van der Waals surface area contributed by atoms with E-state index in [4.69, 9.17) is 0 Å². The Balaban J connectivity index is 1.66. The molecule has 2 aliphatic heterocycles. The number of nitrogens with zero attached hydrogens (tertiary/aromatic N) is 2. The third-order valence-electron chi connectivity index (χ3n) is 5.18. The van der Waals surface area contributed by atoms with Crippen LogP contribution in [0.15, 0.2) is 30.3 Å². The standard InChI is InChI=1S/C18H24N2O3/c1-18(17(22)23)9-11-20(13-18)16(21)15-8-5-10-19(15)12-14-6-3-2-4-7-14/h2-4,6-7,15H,5,8-13H2,1H3,(H,22,23). The van der Waals surface area contributed by atoms with E-state index in [0.29, 0.717) is 19.5 Å². The Morgan fingerprint density at radius 2 is 2.00 bits per heavy atom. The van der Waals surface area contributed by atoms with Crippen LogP contribution >= 0.6 is 0 Å². The number of hydrogen-bond donors (Lipinski definition) is 1. The molecule has 2 saturated heterocycles. The van der Waals surface area contributed by atoms with E-state index in [-0.39, 0.29) is 11.9 Å². The van der Waals surface area contributed by atoms with Gasteiger partial charge in [-0.3, -0.25) is 14.5 Å². The van der Waals surface area contributed by atoms with Crippen molar-refractivity contribution in [3.63, 3.8) is 0 Å². The zero-order valence-corrected chi connectivity index (χ0v) is 13.6. The van der Waals surface area contributed by atoms with Gasteiger partial charge in [-0.2, -0.15) is 0 Å². The van der Waals surface area contributed by atoms with Crippen molar-refractivity contribution < 1.29 is 14.7 Å². The normalized spacial score (nSPS) is 28.2. The molecule has 1 aromatic rings. The van der Waals surface area contributed by atoms with Gasteiger partial charge in [0.2, 0.25) is 5.91 Å². The Bertz CT molecular complexity index is 589. The number of carbonyl (C=O) groups is 2. The molecule has 1 amide bonds. The highest BCUT2D eigenvalue weighted by molar-refractivity contribution is 5.84. The molecule has 0 spiro atoms. The van der Waals surface area contributed by atoms with Crippen LogP contribution in [0.5, 0.6) is 0 Å². The van der Waals surface area contributed by atoms with Crippen LogP contribution in [-0.2, 0) is 16.1 Å². The van der Waals surface area contributed by atoms with Crippen molar-refractivity contribution in [3.8, 4) is 0 Å². The highest BCUT2D eigenvalue weighted by atomic mass is 16.4. The maximum atomic E-state index is 12.8. The molecule has 2 fully saturated rings. The van der Waals surface area contributed by atoms with E-state index < -0.39 is 11.4 Å². The first kappa shape index (κ1) is 16.0. The van der Waals surface area contributed by atoms with Crippen molar-refractivity contribution in [1.82, 2.24) is 9.80 Å². The summed E-state index contributed by atoms with van der Waals surface area (Å²) in [5, 5.41) is 9.34. The van der Waals surface area contributed by atoms with Gasteiger partial charge in [0.1, 0.15) is 0 Å². The number of likely N-dealkylation sites (tertiary alicyclic amines) is 2.